The number of sulfonamides is 1. The minimum Gasteiger partial charge on any atom is -0.335 e. The predicted molar refractivity (Wildman–Crippen MR) is 91.3 cm³/mol. The van der Waals surface area contributed by atoms with Gasteiger partial charge in [-0.05, 0) is 31.2 Å². The van der Waals surface area contributed by atoms with Gasteiger partial charge < -0.3 is 4.90 Å². The van der Waals surface area contributed by atoms with Gasteiger partial charge in [0.2, 0.25) is 10.0 Å². The van der Waals surface area contributed by atoms with E-state index < -0.39 is 10.0 Å². The summed E-state index contributed by atoms with van der Waals surface area (Å²) in [5, 5.41) is 4.43. The van der Waals surface area contributed by atoms with Crippen molar-refractivity contribution in [3.63, 3.8) is 0 Å². The Morgan fingerprint density at radius 2 is 1.88 bits per heavy atom. The number of rotatable bonds is 4. The Balaban J connectivity index is 1.62. The summed E-state index contributed by atoms with van der Waals surface area (Å²) in [4.78, 5) is 14.4. The molecule has 3 rings (SSSR count). The first-order valence-electron chi connectivity index (χ1n) is 8.70. The van der Waals surface area contributed by atoms with Crippen LogP contribution in [0.2, 0.25) is 0 Å². The number of hydrogen-bond acceptors (Lipinski definition) is 4. The molecule has 1 amide bonds. The minimum atomic E-state index is -3.22. The number of fused-ring (bicyclic) bond motifs is 1. The van der Waals surface area contributed by atoms with Gasteiger partial charge in [-0.3, -0.25) is 9.48 Å². The molecule has 0 saturated carbocycles. The molecule has 1 aromatic heterocycles. The van der Waals surface area contributed by atoms with Crippen LogP contribution >= 0.6 is 0 Å². The number of carbonyl (C=O) groups is 1. The number of aryl methyl sites for hydroxylation is 2. The van der Waals surface area contributed by atoms with E-state index in [4.69, 9.17) is 0 Å². The molecule has 0 N–H and O–H groups in total. The van der Waals surface area contributed by atoms with Gasteiger partial charge in [-0.15, -0.1) is 0 Å². The fourth-order valence-electron chi connectivity index (χ4n) is 3.38. The standard InChI is InChI=1S/C16H26N4O3S/c1-13(2)12-24(22,23)19-9-7-18(8-10-19)16(21)15-11-14-5-3-4-6-20(14)17-15/h11,13H,3-10,12H2,1-2H3. The summed E-state index contributed by atoms with van der Waals surface area (Å²) in [5.41, 5.74) is 1.62. The minimum absolute atomic E-state index is 0.0854. The SMILES string of the molecule is CC(C)CS(=O)(=O)N1CCN(C(=O)c2cc3n(n2)CCCC3)CC1. The van der Waals surface area contributed by atoms with Crippen LogP contribution in [0.3, 0.4) is 0 Å². The molecule has 0 spiro atoms. The molecule has 134 valence electrons. The smallest absolute Gasteiger partial charge is 0.274 e. The third-order valence-electron chi connectivity index (χ3n) is 4.60. The van der Waals surface area contributed by atoms with Crippen molar-refractivity contribution in [2.75, 3.05) is 31.9 Å². The Labute approximate surface area is 143 Å². The lowest BCUT2D eigenvalue weighted by molar-refractivity contribution is 0.0690. The topological polar surface area (TPSA) is 75.5 Å². The first-order chi connectivity index (χ1) is 11.4. The predicted octanol–water partition coefficient (Wildman–Crippen LogP) is 0.963. The van der Waals surface area contributed by atoms with Gasteiger partial charge in [-0.2, -0.15) is 9.40 Å². The van der Waals surface area contributed by atoms with Crippen LogP contribution < -0.4 is 0 Å². The molecule has 2 aliphatic heterocycles. The summed E-state index contributed by atoms with van der Waals surface area (Å²) in [6, 6.07) is 1.89. The number of piperazine rings is 1. The van der Waals surface area contributed by atoms with Gasteiger partial charge in [0.1, 0.15) is 0 Å². The lowest BCUT2D eigenvalue weighted by Gasteiger charge is -2.34. The number of amides is 1. The zero-order chi connectivity index (χ0) is 17.3. The zero-order valence-corrected chi connectivity index (χ0v) is 15.3. The van der Waals surface area contributed by atoms with Gasteiger partial charge >= 0.3 is 0 Å². The molecule has 7 nitrogen and oxygen atoms in total. The van der Waals surface area contributed by atoms with E-state index >= 15 is 0 Å². The van der Waals surface area contributed by atoms with E-state index in [1.807, 2.05) is 24.6 Å². The van der Waals surface area contributed by atoms with E-state index in [1.165, 1.54) is 4.31 Å². The van der Waals surface area contributed by atoms with Crippen molar-refractivity contribution >= 4 is 15.9 Å². The van der Waals surface area contributed by atoms with Crippen molar-refractivity contribution < 1.29 is 13.2 Å². The highest BCUT2D eigenvalue weighted by Gasteiger charge is 2.30. The fraction of sp³-hybridized carbons (Fsp3) is 0.750. The molecule has 0 aliphatic carbocycles. The van der Waals surface area contributed by atoms with Gasteiger partial charge in [-0.25, -0.2) is 8.42 Å². The van der Waals surface area contributed by atoms with Gasteiger partial charge in [0, 0.05) is 38.4 Å². The Morgan fingerprint density at radius 1 is 1.17 bits per heavy atom. The van der Waals surface area contributed by atoms with Crippen LogP contribution in [0.4, 0.5) is 0 Å². The van der Waals surface area contributed by atoms with Crippen LogP contribution in [0.5, 0.6) is 0 Å². The molecule has 24 heavy (non-hydrogen) atoms. The van der Waals surface area contributed by atoms with E-state index in [-0.39, 0.29) is 17.6 Å². The maximum absolute atomic E-state index is 12.6. The molecule has 0 radical (unpaired) electrons. The molecule has 2 aliphatic rings. The quantitative estimate of drug-likeness (QED) is 0.807. The van der Waals surface area contributed by atoms with Crippen LogP contribution in [-0.4, -0.2) is 65.2 Å². The first-order valence-corrected chi connectivity index (χ1v) is 10.3. The van der Waals surface area contributed by atoms with E-state index in [0.29, 0.717) is 31.9 Å². The van der Waals surface area contributed by atoms with Gasteiger partial charge in [0.05, 0.1) is 5.75 Å². The second kappa shape index (κ2) is 6.84. The van der Waals surface area contributed by atoms with Crippen LogP contribution in [0, 0.1) is 5.92 Å². The van der Waals surface area contributed by atoms with E-state index in [1.54, 1.807) is 4.90 Å². The van der Waals surface area contributed by atoms with Crippen LogP contribution in [0.1, 0.15) is 42.9 Å². The van der Waals surface area contributed by atoms with Gasteiger partial charge in [-0.1, -0.05) is 13.8 Å². The van der Waals surface area contributed by atoms with Crippen molar-refractivity contribution in [3.8, 4) is 0 Å². The Kier molecular flexibility index (Phi) is 4.96. The van der Waals surface area contributed by atoms with E-state index in [9.17, 15) is 13.2 Å². The maximum atomic E-state index is 12.6. The highest BCUT2D eigenvalue weighted by atomic mass is 32.2. The summed E-state index contributed by atoms with van der Waals surface area (Å²) in [6.07, 6.45) is 3.22. The average molecular weight is 354 g/mol. The molecule has 0 bridgehead atoms. The molecular weight excluding hydrogens is 328 g/mol. The molecule has 3 heterocycles. The summed E-state index contributed by atoms with van der Waals surface area (Å²) < 4.78 is 28.0. The molecule has 0 aromatic carbocycles. The Bertz CT molecular complexity index is 679. The fourth-order valence-corrected chi connectivity index (χ4v) is 5.15. The highest BCUT2D eigenvalue weighted by Crippen LogP contribution is 2.18. The summed E-state index contributed by atoms with van der Waals surface area (Å²) in [5.74, 6) is 0.179. The monoisotopic (exact) mass is 354 g/mol. The van der Waals surface area contributed by atoms with Crippen LogP contribution in [-0.2, 0) is 23.0 Å². The molecule has 1 fully saturated rings. The molecule has 0 unspecified atom stereocenters. The third-order valence-corrected chi connectivity index (χ3v) is 6.84. The molecule has 8 heteroatoms. The Hall–Kier alpha value is -1.41. The van der Waals surface area contributed by atoms with Crippen molar-refractivity contribution in [2.24, 2.45) is 5.92 Å². The average Bonchev–Trinajstić information content (AvgIpc) is 2.97. The van der Waals surface area contributed by atoms with E-state index in [2.05, 4.69) is 5.10 Å². The number of nitrogens with zero attached hydrogens (tertiary/aromatic N) is 4. The zero-order valence-electron chi connectivity index (χ0n) is 14.4. The van der Waals surface area contributed by atoms with Gasteiger partial charge in [0.25, 0.3) is 5.91 Å². The van der Waals surface area contributed by atoms with Crippen molar-refractivity contribution in [1.29, 1.82) is 0 Å². The largest absolute Gasteiger partial charge is 0.335 e. The number of hydrogen-bond donors (Lipinski definition) is 0. The van der Waals surface area contributed by atoms with Gasteiger partial charge in [0.15, 0.2) is 5.69 Å². The molecule has 1 saturated heterocycles. The summed E-state index contributed by atoms with van der Waals surface area (Å²) >= 11 is 0. The van der Waals surface area contributed by atoms with Crippen molar-refractivity contribution in [1.82, 2.24) is 19.0 Å². The molecule has 1 aromatic rings. The third kappa shape index (κ3) is 3.64. The van der Waals surface area contributed by atoms with Crippen LogP contribution in [0.25, 0.3) is 0 Å². The lowest BCUT2D eigenvalue weighted by Crippen LogP contribution is -2.51. The summed E-state index contributed by atoms with van der Waals surface area (Å²) in [6.45, 7) is 6.28. The number of aromatic nitrogens is 2. The van der Waals surface area contributed by atoms with Crippen LogP contribution in [0.15, 0.2) is 6.07 Å². The molecule has 0 atom stereocenters. The summed E-state index contributed by atoms with van der Waals surface area (Å²) in [7, 11) is -3.22. The van der Waals surface area contributed by atoms with E-state index in [0.717, 1.165) is 31.5 Å². The molecular formula is C16H26N4O3S. The second-order valence-corrected chi connectivity index (χ2v) is 9.08. The highest BCUT2D eigenvalue weighted by molar-refractivity contribution is 7.89. The maximum Gasteiger partial charge on any atom is 0.274 e. The van der Waals surface area contributed by atoms with Crippen molar-refractivity contribution in [2.45, 2.75) is 39.7 Å². The lowest BCUT2D eigenvalue weighted by atomic mass is 10.1. The number of carbonyl (C=O) groups excluding carboxylic acids is 1. The second-order valence-electron chi connectivity index (χ2n) is 7.06. The Morgan fingerprint density at radius 3 is 2.50 bits per heavy atom. The normalized spacial score (nSPS) is 19.5. The first kappa shape index (κ1) is 17.4. The van der Waals surface area contributed by atoms with Crippen molar-refractivity contribution in [3.05, 3.63) is 17.5 Å².